The van der Waals surface area contributed by atoms with Crippen LogP contribution in [0.3, 0.4) is 0 Å². The van der Waals surface area contributed by atoms with Crippen LogP contribution in [-0.2, 0) is 9.48 Å². The normalized spacial score (nSPS) is 25.7. The van der Waals surface area contributed by atoms with Crippen LogP contribution in [-0.4, -0.2) is 49.2 Å². The average molecular weight is 320 g/mol. The molecule has 1 aromatic rings. The molecule has 2 fully saturated rings. The van der Waals surface area contributed by atoms with E-state index in [1.165, 1.54) is 0 Å². The van der Waals surface area contributed by atoms with Crippen LogP contribution in [0.15, 0.2) is 24.3 Å². The molecule has 0 radical (unpaired) electrons. The molecule has 2 aliphatic rings. The molecule has 2 saturated heterocycles. The standard InChI is InChI=1S/C17H24N2O2S/c1-17(2,22)13-5-3-12(4-6-13)16(20)19-9-10-21-15-7-8-18-11-14(15)19/h3-6,14-15,18,22H,7-11H2,1-2H3. The number of rotatable bonds is 2. The van der Waals surface area contributed by atoms with Crippen LogP contribution >= 0.6 is 12.6 Å². The number of amides is 1. The minimum Gasteiger partial charge on any atom is -0.374 e. The maximum absolute atomic E-state index is 12.8. The molecule has 1 aromatic carbocycles. The highest BCUT2D eigenvalue weighted by molar-refractivity contribution is 7.81. The Morgan fingerprint density at radius 2 is 2.09 bits per heavy atom. The second kappa shape index (κ2) is 6.22. The molecule has 0 saturated carbocycles. The van der Waals surface area contributed by atoms with E-state index in [2.05, 4.69) is 17.9 Å². The summed E-state index contributed by atoms with van der Waals surface area (Å²) in [6.45, 7) is 7.18. The lowest BCUT2D eigenvalue weighted by Gasteiger charge is -2.44. The summed E-state index contributed by atoms with van der Waals surface area (Å²) >= 11 is 4.57. The van der Waals surface area contributed by atoms with E-state index in [9.17, 15) is 4.79 Å². The van der Waals surface area contributed by atoms with Crippen molar-refractivity contribution in [3.8, 4) is 0 Å². The maximum atomic E-state index is 12.8. The van der Waals surface area contributed by atoms with Crippen molar-refractivity contribution in [1.82, 2.24) is 10.2 Å². The fraction of sp³-hybridized carbons (Fsp3) is 0.588. The molecular formula is C17H24N2O2S. The number of carbonyl (C=O) groups is 1. The van der Waals surface area contributed by atoms with Crippen LogP contribution < -0.4 is 5.32 Å². The van der Waals surface area contributed by atoms with Gasteiger partial charge in [0.1, 0.15) is 0 Å². The number of piperidine rings is 1. The molecule has 2 heterocycles. The molecule has 0 bridgehead atoms. The number of carbonyl (C=O) groups excluding carboxylic acids is 1. The first-order valence-corrected chi connectivity index (χ1v) is 8.38. The maximum Gasteiger partial charge on any atom is 0.254 e. The minimum absolute atomic E-state index is 0.102. The number of nitrogens with zero attached hydrogens (tertiary/aromatic N) is 1. The zero-order chi connectivity index (χ0) is 15.7. The summed E-state index contributed by atoms with van der Waals surface area (Å²) in [5.41, 5.74) is 1.86. The summed E-state index contributed by atoms with van der Waals surface area (Å²) in [5, 5.41) is 3.37. The van der Waals surface area contributed by atoms with E-state index in [0.29, 0.717) is 13.2 Å². The summed E-state index contributed by atoms with van der Waals surface area (Å²) in [4.78, 5) is 14.8. The Hall–Kier alpha value is -1.04. The van der Waals surface area contributed by atoms with Gasteiger partial charge in [-0.2, -0.15) is 12.6 Å². The largest absolute Gasteiger partial charge is 0.374 e. The van der Waals surface area contributed by atoms with Crippen LogP contribution in [0.2, 0.25) is 0 Å². The average Bonchev–Trinajstić information content (AvgIpc) is 2.53. The highest BCUT2D eigenvalue weighted by Crippen LogP contribution is 2.28. The van der Waals surface area contributed by atoms with Gasteiger partial charge in [-0.3, -0.25) is 4.79 Å². The van der Waals surface area contributed by atoms with Crippen LogP contribution in [0.4, 0.5) is 0 Å². The predicted octanol–water partition coefficient (Wildman–Crippen LogP) is 2.05. The molecule has 1 N–H and O–H groups in total. The van der Waals surface area contributed by atoms with Crippen LogP contribution in [0.25, 0.3) is 0 Å². The smallest absolute Gasteiger partial charge is 0.254 e. The summed E-state index contributed by atoms with van der Waals surface area (Å²) in [6.07, 6.45) is 1.15. The number of ether oxygens (including phenoxy) is 1. The molecule has 1 amide bonds. The first-order valence-electron chi connectivity index (χ1n) is 7.93. The van der Waals surface area contributed by atoms with Gasteiger partial charge in [-0.1, -0.05) is 12.1 Å². The Morgan fingerprint density at radius 3 is 2.77 bits per heavy atom. The lowest BCUT2D eigenvalue weighted by Crippen LogP contribution is -2.60. The molecule has 0 spiro atoms. The highest BCUT2D eigenvalue weighted by atomic mass is 32.1. The van der Waals surface area contributed by atoms with Crippen LogP contribution in [0, 0.1) is 0 Å². The Bertz CT molecular complexity index is 537. The number of nitrogens with one attached hydrogen (secondary N) is 1. The van der Waals surface area contributed by atoms with Gasteiger partial charge in [0.2, 0.25) is 0 Å². The zero-order valence-electron chi connectivity index (χ0n) is 13.2. The third-order valence-corrected chi connectivity index (χ3v) is 4.81. The Morgan fingerprint density at radius 1 is 1.36 bits per heavy atom. The van der Waals surface area contributed by atoms with Crippen molar-refractivity contribution >= 4 is 18.5 Å². The molecule has 2 unspecified atom stereocenters. The number of thiol groups is 1. The second-order valence-corrected chi connectivity index (χ2v) is 7.72. The fourth-order valence-electron chi connectivity index (χ4n) is 3.23. The van der Waals surface area contributed by atoms with E-state index in [4.69, 9.17) is 4.74 Å². The lowest BCUT2D eigenvalue weighted by atomic mass is 9.98. The molecule has 22 heavy (non-hydrogen) atoms. The van der Waals surface area contributed by atoms with Crippen molar-refractivity contribution in [3.63, 3.8) is 0 Å². The summed E-state index contributed by atoms with van der Waals surface area (Å²) in [5.74, 6) is 0.102. The molecular weight excluding hydrogens is 296 g/mol. The van der Waals surface area contributed by atoms with Gasteiger partial charge in [-0.15, -0.1) is 0 Å². The molecule has 2 aliphatic heterocycles. The number of hydrogen-bond donors (Lipinski definition) is 2. The van der Waals surface area contributed by atoms with E-state index in [1.807, 2.05) is 43.0 Å². The third-order valence-electron chi connectivity index (χ3n) is 4.55. The second-order valence-electron chi connectivity index (χ2n) is 6.60. The first-order chi connectivity index (χ1) is 10.5. The summed E-state index contributed by atoms with van der Waals surface area (Å²) in [7, 11) is 0. The van der Waals surface area contributed by atoms with Gasteiger partial charge < -0.3 is 15.0 Å². The molecule has 2 atom stereocenters. The van der Waals surface area contributed by atoms with E-state index < -0.39 is 0 Å². The molecule has 0 aromatic heterocycles. The van der Waals surface area contributed by atoms with Gasteiger partial charge in [0, 0.05) is 23.4 Å². The fourth-order valence-corrected chi connectivity index (χ4v) is 3.38. The SMILES string of the molecule is CC(C)(S)c1ccc(C(=O)N2CCOC3CCNCC32)cc1. The van der Waals surface area contributed by atoms with Crippen molar-refractivity contribution < 1.29 is 9.53 Å². The van der Waals surface area contributed by atoms with Gasteiger partial charge in [0.15, 0.2) is 0 Å². The molecule has 5 heteroatoms. The van der Waals surface area contributed by atoms with E-state index in [1.54, 1.807) is 0 Å². The number of fused-ring (bicyclic) bond motifs is 1. The van der Waals surface area contributed by atoms with Gasteiger partial charge in [0.25, 0.3) is 5.91 Å². The minimum atomic E-state index is -0.196. The number of benzene rings is 1. The van der Waals surface area contributed by atoms with Gasteiger partial charge in [-0.05, 0) is 44.5 Å². The van der Waals surface area contributed by atoms with Gasteiger partial charge in [0.05, 0.1) is 18.8 Å². The van der Waals surface area contributed by atoms with E-state index in [-0.39, 0.29) is 22.8 Å². The monoisotopic (exact) mass is 320 g/mol. The molecule has 4 nitrogen and oxygen atoms in total. The summed E-state index contributed by atoms with van der Waals surface area (Å²) in [6, 6.07) is 7.97. The quantitative estimate of drug-likeness (QED) is 0.820. The van der Waals surface area contributed by atoms with E-state index in [0.717, 1.165) is 30.6 Å². The molecule has 3 rings (SSSR count). The Labute approximate surface area is 137 Å². The Balaban J connectivity index is 1.78. The van der Waals surface area contributed by atoms with Gasteiger partial charge >= 0.3 is 0 Å². The van der Waals surface area contributed by atoms with Crippen LogP contribution in [0.5, 0.6) is 0 Å². The topological polar surface area (TPSA) is 41.6 Å². The predicted molar refractivity (Wildman–Crippen MR) is 90.5 cm³/mol. The highest BCUT2D eigenvalue weighted by Gasteiger charge is 2.37. The van der Waals surface area contributed by atoms with Crippen molar-refractivity contribution in [1.29, 1.82) is 0 Å². The van der Waals surface area contributed by atoms with E-state index >= 15 is 0 Å². The molecule has 0 aliphatic carbocycles. The van der Waals surface area contributed by atoms with Crippen molar-refractivity contribution in [2.45, 2.75) is 37.2 Å². The molecule has 120 valence electrons. The van der Waals surface area contributed by atoms with Crippen molar-refractivity contribution in [2.75, 3.05) is 26.2 Å². The number of hydrogen-bond acceptors (Lipinski definition) is 4. The van der Waals surface area contributed by atoms with Crippen molar-refractivity contribution in [3.05, 3.63) is 35.4 Å². The lowest BCUT2D eigenvalue weighted by molar-refractivity contribution is -0.0699. The van der Waals surface area contributed by atoms with Crippen molar-refractivity contribution in [2.24, 2.45) is 0 Å². The van der Waals surface area contributed by atoms with Crippen LogP contribution in [0.1, 0.15) is 36.2 Å². The zero-order valence-corrected chi connectivity index (χ0v) is 14.1. The number of morpholine rings is 1. The first kappa shape index (κ1) is 15.8. The summed E-state index contributed by atoms with van der Waals surface area (Å²) < 4.78 is 5.62. The third kappa shape index (κ3) is 3.16. The Kier molecular flexibility index (Phi) is 4.48. The van der Waals surface area contributed by atoms with Gasteiger partial charge in [-0.25, -0.2) is 0 Å².